The SMILES string of the molecule is COc1ccc(CN2CCC(c3[nH]ncc3-c3ccc4ccccc4c3)CC2)c(OC)c1OC. The Labute approximate surface area is 200 Å². The number of benzene rings is 3. The van der Waals surface area contributed by atoms with E-state index in [0.29, 0.717) is 17.4 Å². The first kappa shape index (κ1) is 22.3. The summed E-state index contributed by atoms with van der Waals surface area (Å²) in [6, 6.07) is 19.2. The van der Waals surface area contributed by atoms with Gasteiger partial charge in [-0.2, -0.15) is 5.10 Å². The molecule has 0 unspecified atom stereocenters. The van der Waals surface area contributed by atoms with Crippen LogP contribution in [-0.4, -0.2) is 49.5 Å². The highest BCUT2D eigenvalue weighted by atomic mass is 16.5. The first-order valence-electron chi connectivity index (χ1n) is 11.7. The van der Waals surface area contributed by atoms with Crippen LogP contribution < -0.4 is 14.2 Å². The number of H-pyrrole nitrogens is 1. The number of aromatic nitrogens is 2. The molecule has 0 bridgehead atoms. The molecular weight excluding hydrogens is 426 g/mol. The summed E-state index contributed by atoms with van der Waals surface area (Å²) in [4.78, 5) is 2.48. The second-order valence-corrected chi connectivity index (χ2v) is 8.80. The van der Waals surface area contributed by atoms with Gasteiger partial charge in [0.05, 0.1) is 27.5 Å². The number of likely N-dealkylation sites (tertiary alicyclic amines) is 1. The Morgan fingerprint density at radius 1 is 0.882 bits per heavy atom. The summed E-state index contributed by atoms with van der Waals surface area (Å²) < 4.78 is 16.7. The lowest BCUT2D eigenvalue weighted by Crippen LogP contribution is -2.32. The van der Waals surface area contributed by atoms with Gasteiger partial charge in [-0.3, -0.25) is 10.00 Å². The Morgan fingerprint density at radius 3 is 2.38 bits per heavy atom. The first-order valence-corrected chi connectivity index (χ1v) is 11.7. The molecule has 2 heterocycles. The largest absolute Gasteiger partial charge is 0.493 e. The molecule has 1 aliphatic rings. The number of methoxy groups -OCH3 is 3. The van der Waals surface area contributed by atoms with Gasteiger partial charge < -0.3 is 14.2 Å². The van der Waals surface area contributed by atoms with E-state index < -0.39 is 0 Å². The van der Waals surface area contributed by atoms with Gasteiger partial charge in [0, 0.05) is 29.3 Å². The first-order chi connectivity index (χ1) is 16.7. The van der Waals surface area contributed by atoms with Crippen molar-refractivity contribution in [3.05, 3.63) is 72.1 Å². The highest BCUT2D eigenvalue weighted by molar-refractivity contribution is 5.87. The van der Waals surface area contributed by atoms with E-state index >= 15 is 0 Å². The smallest absolute Gasteiger partial charge is 0.203 e. The molecule has 4 aromatic rings. The molecule has 0 spiro atoms. The summed E-state index contributed by atoms with van der Waals surface area (Å²) in [6.07, 6.45) is 4.14. The zero-order valence-electron chi connectivity index (χ0n) is 20.0. The van der Waals surface area contributed by atoms with Crippen LogP contribution in [0.1, 0.15) is 30.0 Å². The van der Waals surface area contributed by atoms with Crippen molar-refractivity contribution >= 4 is 10.8 Å². The summed E-state index contributed by atoms with van der Waals surface area (Å²) in [5, 5.41) is 10.2. The molecule has 1 aromatic heterocycles. The maximum absolute atomic E-state index is 5.68. The zero-order valence-corrected chi connectivity index (χ0v) is 20.0. The fourth-order valence-corrected chi connectivity index (χ4v) is 5.10. The average molecular weight is 458 g/mol. The number of nitrogens with zero attached hydrogens (tertiary/aromatic N) is 2. The summed E-state index contributed by atoms with van der Waals surface area (Å²) in [6.45, 7) is 2.84. The minimum absolute atomic E-state index is 0.465. The molecule has 176 valence electrons. The van der Waals surface area contributed by atoms with Gasteiger partial charge in [-0.1, -0.05) is 42.5 Å². The molecule has 1 saturated heterocycles. The van der Waals surface area contributed by atoms with E-state index in [0.717, 1.165) is 43.8 Å². The Balaban J connectivity index is 1.30. The molecule has 1 fully saturated rings. The van der Waals surface area contributed by atoms with Crippen molar-refractivity contribution in [3.8, 4) is 28.4 Å². The molecule has 1 aliphatic heterocycles. The Bertz CT molecular complexity index is 1280. The van der Waals surface area contributed by atoms with Crippen LogP contribution in [0.2, 0.25) is 0 Å². The van der Waals surface area contributed by atoms with Crippen LogP contribution in [0.4, 0.5) is 0 Å². The standard InChI is InChI=1S/C28H31N3O3/c1-32-25-11-10-23(27(33-2)28(25)34-3)18-31-14-12-20(13-15-31)26-24(17-29-30-26)22-9-8-19-6-4-5-7-21(19)16-22/h4-11,16-17,20H,12-15,18H2,1-3H3,(H,29,30). The molecule has 0 radical (unpaired) electrons. The van der Waals surface area contributed by atoms with Crippen molar-refractivity contribution in [3.63, 3.8) is 0 Å². The lowest BCUT2D eigenvalue weighted by Gasteiger charge is -2.32. The van der Waals surface area contributed by atoms with E-state index in [4.69, 9.17) is 14.2 Å². The average Bonchev–Trinajstić information content (AvgIpc) is 3.38. The highest BCUT2D eigenvalue weighted by Crippen LogP contribution is 2.41. The molecule has 0 saturated carbocycles. The van der Waals surface area contributed by atoms with Crippen molar-refractivity contribution in [2.75, 3.05) is 34.4 Å². The van der Waals surface area contributed by atoms with Gasteiger partial charge >= 0.3 is 0 Å². The molecule has 6 heteroatoms. The van der Waals surface area contributed by atoms with Crippen LogP contribution in [0.5, 0.6) is 17.2 Å². The van der Waals surface area contributed by atoms with Crippen molar-refractivity contribution in [1.29, 1.82) is 0 Å². The molecule has 0 amide bonds. The number of rotatable bonds is 7. The van der Waals surface area contributed by atoms with Gasteiger partial charge in [0.2, 0.25) is 5.75 Å². The van der Waals surface area contributed by atoms with Gasteiger partial charge in [-0.05, 0) is 54.4 Å². The van der Waals surface area contributed by atoms with Crippen molar-refractivity contribution in [2.24, 2.45) is 0 Å². The van der Waals surface area contributed by atoms with Gasteiger partial charge in [0.25, 0.3) is 0 Å². The zero-order chi connectivity index (χ0) is 23.5. The Morgan fingerprint density at radius 2 is 1.65 bits per heavy atom. The van der Waals surface area contributed by atoms with Gasteiger partial charge in [0.15, 0.2) is 11.5 Å². The minimum Gasteiger partial charge on any atom is -0.493 e. The molecule has 0 aliphatic carbocycles. The molecule has 34 heavy (non-hydrogen) atoms. The second-order valence-electron chi connectivity index (χ2n) is 8.80. The molecule has 0 atom stereocenters. The number of fused-ring (bicyclic) bond motifs is 1. The summed E-state index contributed by atoms with van der Waals surface area (Å²) in [5.41, 5.74) is 4.79. The number of ether oxygens (including phenoxy) is 3. The van der Waals surface area contributed by atoms with E-state index in [2.05, 4.69) is 63.6 Å². The van der Waals surface area contributed by atoms with E-state index in [1.807, 2.05) is 12.3 Å². The molecule has 5 rings (SSSR count). The molecule has 6 nitrogen and oxygen atoms in total. The monoisotopic (exact) mass is 457 g/mol. The van der Waals surface area contributed by atoms with Gasteiger partial charge in [-0.15, -0.1) is 0 Å². The van der Waals surface area contributed by atoms with Gasteiger partial charge in [-0.25, -0.2) is 0 Å². The topological polar surface area (TPSA) is 59.6 Å². The van der Waals surface area contributed by atoms with Crippen LogP contribution in [0.3, 0.4) is 0 Å². The predicted molar refractivity (Wildman–Crippen MR) is 135 cm³/mol. The van der Waals surface area contributed by atoms with E-state index in [1.54, 1.807) is 21.3 Å². The van der Waals surface area contributed by atoms with E-state index in [1.165, 1.54) is 27.6 Å². The quantitative estimate of drug-likeness (QED) is 0.389. The third-order valence-electron chi connectivity index (χ3n) is 6.90. The number of nitrogens with one attached hydrogen (secondary N) is 1. The van der Waals surface area contributed by atoms with Crippen LogP contribution >= 0.6 is 0 Å². The summed E-state index contributed by atoms with van der Waals surface area (Å²) in [7, 11) is 4.97. The maximum Gasteiger partial charge on any atom is 0.203 e. The van der Waals surface area contributed by atoms with Crippen molar-refractivity contribution < 1.29 is 14.2 Å². The van der Waals surface area contributed by atoms with Crippen molar-refractivity contribution in [2.45, 2.75) is 25.3 Å². The number of piperidine rings is 1. The Kier molecular flexibility index (Phi) is 6.41. The summed E-state index contributed by atoms with van der Waals surface area (Å²) in [5.74, 6) is 2.54. The summed E-state index contributed by atoms with van der Waals surface area (Å²) >= 11 is 0. The number of hydrogen-bond donors (Lipinski definition) is 1. The number of aromatic amines is 1. The van der Waals surface area contributed by atoms with Gasteiger partial charge in [0.1, 0.15) is 0 Å². The third-order valence-corrected chi connectivity index (χ3v) is 6.90. The second kappa shape index (κ2) is 9.77. The third kappa shape index (κ3) is 4.21. The van der Waals surface area contributed by atoms with Crippen LogP contribution in [0.25, 0.3) is 21.9 Å². The minimum atomic E-state index is 0.465. The lowest BCUT2D eigenvalue weighted by atomic mass is 9.89. The fraction of sp³-hybridized carbons (Fsp3) is 0.321. The number of hydrogen-bond acceptors (Lipinski definition) is 5. The van der Waals surface area contributed by atoms with Crippen molar-refractivity contribution in [1.82, 2.24) is 15.1 Å². The fourth-order valence-electron chi connectivity index (χ4n) is 5.10. The van der Waals surface area contributed by atoms with E-state index in [-0.39, 0.29) is 0 Å². The predicted octanol–water partition coefficient (Wildman–Crippen LogP) is 5.64. The normalized spacial score (nSPS) is 14.9. The maximum atomic E-state index is 5.68. The molecule has 1 N–H and O–H groups in total. The lowest BCUT2D eigenvalue weighted by molar-refractivity contribution is 0.200. The molecule has 3 aromatic carbocycles. The van der Waals surface area contributed by atoms with Crippen LogP contribution in [0, 0.1) is 0 Å². The highest BCUT2D eigenvalue weighted by Gasteiger charge is 2.26. The van der Waals surface area contributed by atoms with E-state index in [9.17, 15) is 0 Å². The van der Waals surface area contributed by atoms with Crippen LogP contribution in [-0.2, 0) is 6.54 Å². The van der Waals surface area contributed by atoms with Crippen LogP contribution in [0.15, 0.2) is 60.8 Å². The molecular formula is C28H31N3O3. The Hall–Kier alpha value is -3.51.